The van der Waals surface area contributed by atoms with Crippen molar-refractivity contribution in [3.05, 3.63) is 35.9 Å². The van der Waals surface area contributed by atoms with Crippen molar-refractivity contribution in [2.75, 3.05) is 0 Å². The van der Waals surface area contributed by atoms with Crippen molar-refractivity contribution in [2.45, 2.75) is 43.6 Å². The Morgan fingerprint density at radius 1 is 1.09 bits per heavy atom. The molecule has 0 aromatic heterocycles. The zero-order valence-electron chi connectivity index (χ0n) is 12.1. The minimum Gasteiger partial charge on any atom is -0.481 e. The molecule has 0 bridgehead atoms. The number of carbonyl (C=O) groups is 3. The van der Waals surface area contributed by atoms with E-state index < -0.39 is 35.7 Å². The van der Waals surface area contributed by atoms with Crippen LogP contribution in [0.1, 0.15) is 37.7 Å². The van der Waals surface area contributed by atoms with E-state index in [-0.39, 0.29) is 0 Å². The zero-order valence-corrected chi connectivity index (χ0v) is 12.1. The molecule has 0 spiro atoms. The van der Waals surface area contributed by atoms with Gasteiger partial charge in [0.05, 0.1) is 11.8 Å². The van der Waals surface area contributed by atoms with Gasteiger partial charge in [-0.15, -0.1) is 0 Å². The van der Waals surface area contributed by atoms with Gasteiger partial charge in [0.2, 0.25) is 5.91 Å². The number of carbonyl (C=O) groups excluding carboxylic acids is 1. The lowest BCUT2D eigenvalue weighted by Crippen LogP contribution is -2.50. The van der Waals surface area contributed by atoms with Crippen LogP contribution in [0.4, 0.5) is 0 Å². The summed E-state index contributed by atoms with van der Waals surface area (Å²) in [6.07, 6.45) is 2.43. The van der Waals surface area contributed by atoms with E-state index in [0.29, 0.717) is 12.8 Å². The molecule has 118 valence electrons. The van der Waals surface area contributed by atoms with E-state index in [4.69, 9.17) is 10.2 Å². The van der Waals surface area contributed by atoms with Crippen molar-refractivity contribution in [1.82, 2.24) is 5.32 Å². The van der Waals surface area contributed by atoms with Gasteiger partial charge in [0.25, 0.3) is 0 Å². The van der Waals surface area contributed by atoms with Crippen LogP contribution in [0.25, 0.3) is 0 Å². The van der Waals surface area contributed by atoms with Gasteiger partial charge < -0.3 is 15.5 Å². The summed E-state index contributed by atoms with van der Waals surface area (Å²) in [6.45, 7) is 0. The fourth-order valence-electron chi connectivity index (χ4n) is 3.05. The molecule has 1 aliphatic carbocycles. The number of hydrogen-bond donors (Lipinski definition) is 3. The monoisotopic (exact) mass is 305 g/mol. The number of nitrogens with one attached hydrogen (secondary N) is 1. The van der Waals surface area contributed by atoms with Gasteiger partial charge in [-0.05, 0) is 18.4 Å². The third kappa shape index (κ3) is 3.27. The maximum absolute atomic E-state index is 12.7. The molecule has 0 saturated heterocycles. The van der Waals surface area contributed by atoms with Gasteiger partial charge in [0, 0.05) is 0 Å². The molecule has 1 aliphatic rings. The third-order valence-corrected chi connectivity index (χ3v) is 4.20. The molecule has 6 heteroatoms. The van der Waals surface area contributed by atoms with Gasteiger partial charge in [-0.2, -0.15) is 0 Å². The van der Waals surface area contributed by atoms with E-state index in [2.05, 4.69) is 5.32 Å². The van der Waals surface area contributed by atoms with E-state index >= 15 is 0 Å². The van der Waals surface area contributed by atoms with Gasteiger partial charge in [-0.1, -0.05) is 43.2 Å². The highest BCUT2D eigenvalue weighted by Gasteiger charge is 2.43. The predicted molar refractivity (Wildman–Crippen MR) is 78.4 cm³/mol. The van der Waals surface area contributed by atoms with E-state index in [0.717, 1.165) is 18.4 Å². The molecule has 1 fully saturated rings. The predicted octanol–water partition coefficient (Wildman–Crippen LogP) is 1.54. The van der Waals surface area contributed by atoms with Crippen LogP contribution in [-0.2, 0) is 19.8 Å². The Morgan fingerprint density at radius 2 is 1.68 bits per heavy atom. The first kappa shape index (κ1) is 16.0. The summed E-state index contributed by atoms with van der Waals surface area (Å²) >= 11 is 0. The number of benzene rings is 1. The van der Waals surface area contributed by atoms with Crippen LogP contribution in [-0.4, -0.2) is 34.1 Å². The van der Waals surface area contributed by atoms with E-state index in [1.165, 1.54) is 0 Å². The second kappa shape index (κ2) is 6.60. The second-order valence-electron chi connectivity index (χ2n) is 5.62. The van der Waals surface area contributed by atoms with Crippen LogP contribution in [0.15, 0.2) is 30.3 Å². The Bertz CT molecular complexity index is 563. The number of carboxylic acids is 2. The largest absolute Gasteiger partial charge is 0.481 e. The molecule has 1 saturated carbocycles. The summed E-state index contributed by atoms with van der Waals surface area (Å²) < 4.78 is 0. The van der Waals surface area contributed by atoms with Gasteiger partial charge >= 0.3 is 11.9 Å². The van der Waals surface area contributed by atoms with Crippen molar-refractivity contribution >= 4 is 17.8 Å². The standard InChI is InChI=1S/C16H19NO5/c18-13(19)10-12(14(20)21)17-15(22)16(8-4-5-9-16)11-6-2-1-3-7-11/h1-3,6-7,12H,4-5,8-10H2,(H,17,22)(H,18,19)(H,20,21). The molecule has 6 nitrogen and oxygen atoms in total. The number of hydrogen-bond acceptors (Lipinski definition) is 3. The Kier molecular flexibility index (Phi) is 4.80. The molecule has 0 heterocycles. The average Bonchev–Trinajstić information content (AvgIpc) is 2.97. The molecule has 1 atom stereocenters. The normalized spacial score (nSPS) is 17.6. The van der Waals surface area contributed by atoms with Gasteiger partial charge in [0.15, 0.2) is 0 Å². The summed E-state index contributed by atoms with van der Waals surface area (Å²) in [5.41, 5.74) is 0.0949. The van der Waals surface area contributed by atoms with Crippen molar-refractivity contribution < 1.29 is 24.6 Å². The quantitative estimate of drug-likeness (QED) is 0.739. The first-order chi connectivity index (χ1) is 10.5. The van der Waals surface area contributed by atoms with Crippen LogP contribution in [0.3, 0.4) is 0 Å². The van der Waals surface area contributed by atoms with Crippen molar-refractivity contribution in [3.63, 3.8) is 0 Å². The smallest absolute Gasteiger partial charge is 0.326 e. The lowest BCUT2D eigenvalue weighted by Gasteiger charge is -2.29. The summed E-state index contributed by atoms with van der Waals surface area (Å²) in [5.74, 6) is -2.99. The Morgan fingerprint density at radius 3 is 2.18 bits per heavy atom. The van der Waals surface area contributed by atoms with E-state index in [9.17, 15) is 14.4 Å². The lowest BCUT2D eigenvalue weighted by molar-refractivity contribution is -0.147. The third-order valence-electron chi connectivity index (χ3n) is 4.20. The second-order valence-corrected chi connectivity index (χ2v) is 5.62. The molecular weight excluding hydrogens is 286 g/mol. The van der Waals surface area contributed by atoms with Crippen LogP contribution in [0.2, 0.25) is 0 Å². The molecule has 1 aromatic rings. The highest BCUT2D eigenvalue weighted by Crippen LogP contribution is 2.41. The summed E-state index contributed by atoms with van der Waals surface area (Å²) in [4.78, 5) is 34.6. The summed E-state index contributed by atoms with van der Waals surface area (Å²) in [5, 5.41) is 20.3. The molecule has 3 N–H and O–H groups in total. The van der Waals surface area contributed by atoms with Crippen LogP contribution < -0.4 is 5.32 Å². The Balaban J connectivity index is 2.24. The molecule has 2 rings (SSSR count). The maximum atomic E-state index is 12.7. The van der Waals surface area contributed by atoms with Crippen molar-refractivity contribution in [1.29, 1.82) is 0 Å². The number of rotatable bonds is 6. The molecule has 1 unspecified atom stereocenters. The fraction of sp³-hybridized carbons (Fsp3) is 0.438. The summed E-state index contributed by atoms with van der Waals surface area (Å²) in [7, 11) is 0. The highest BCUT2D eigenvalue weighted by atomic mass is 16.4. The van der Waals surface area contributed by atoms with Gasteiger partial charge in [0.1, 0.15) is 6.04 Å². The van der Waals surface area contributed by atoms with Crippen LogP contribution >= 0.6 is 0 Å². The van der Waals surface area contributed by atoms with Crippen molar-refractivity contribution in [2.24, 2.45) is 0 Å². The molecule has 1 aromatic carbocycles. The SMILES string of the molecule is O=C(O)CC(NC(=O)C1(c2ccccc2)CCCC1)C(=O)O. The van der Waals surface area contributed by atoms with E-state index in [1.54, 1.807) is 0 Å². The number of amides is 1. The number of carboxylic acid groups (broad SMARTS) is 2. The molecule has 0 radical (unpaired) electrons. The molecule has 1 amide bonds. The topological polar surface area (TPSA) is 104 Å². The molecule has 0 aliphatic heterocycles. The zero-order chi connectivity index (χ0) is 16.2. The fourth-order valence-corrected chi connectivity index (χ4v) is 3.05. The van der Waals surface area contributed by atoms with Gasteiger partial charge in [-0.25, -0.2) is 4.79 Å². The van der Waals surface area contributed by atoms with Crippen LogP contribution in [0.5, 0.6) is 0 Å². The van der Waals surface area contributed by atoms with Crippen LogP contribution in [0, 0.1) is 0 Å². The first-order valence-corrected chi connectivity index (χ1v) is 7.27. The molecule has 22 heavy (non-hydrogen) atoms. The minimum absolute atomic E-state index is 0.398. The average molecular weight is 305 g/mol. The van der Waals surface area contributed by atoms with Crippen molar-refractivity contribution in [3.8, 4) is 0 Å². The molecular formula is C16H19NO5. The summed E-state index contributed by atoms with van der Waals surface area (Å²) in [6, 6.07) is 7.85. The highest BCUT2D eigenvalue weighted by molar-refractivity contribution is 5.93. The van der Waals surface area contributed by atoms with Gasteiger partial charge in [-0.3, -0.25) is 9.59 Å². The lowest BCUT2D eigenvalue weighted by atomic mass is 9.78. The minimum atomic E-state index is -1.41. The van der Waals surface area contributed by atoms with E-state index in [1.807, 2.05) is 30.3 Å². The maximum Gasteiger partial charge on any atom is 0.326 e. The Hall–Kier alpha value is -2.37. The number of aliphatic carboxylic acids is 2. The Labute approximate surface area is 128 Å². The first-order valence-electron chi connectivity index (χ1n) is 7.27.